The molecule has 0 fully saturated rings. The highest BCUT2D eigenvalue weighted by molar-refractivity contribution is 9.10. The summed E-state index contributed by atoms with van der Waals surface area (Å²) in [7, 11) is 1.35. The number of fused-ring (bicyclic) bond motifs is 2. The molecule has 0 aromatic heterocycles. The minimum absolute atomic E-state index is 0.0796. The van der Waals surface area contributed by atoms with E-state index in [0.29, 0.717) is 41.0 Å². The van der Waals surface area contributed by atoms with Crippen molar-refractivity contribution in [2.24, 2.45) is 0 Å². The molecule has 2 atom stereocenters. The number of rotatable bonds is 4. The third kappa shape index (κ3) is 3.95. The Hall–Kier alpha value is -2.22. The van der Waals surface area contributed by atoms with Crippen molar-refractivity contribution in [3.05, 3.63) is 57.1 Å². The van der Waals surface area contributed by atoms with E-state index < -0.39 is 17.8 Å². The first-order valence-corrected chi connectivity index (χ1v) is 9.95. The lowest BCUT2D eigenvalue weighted by atomic mass is 9.98. The Morgan fingerprint density at radius 2 is 2.03 bits per heavy atom. The molecule has 0 unspecified atom stereocenters. The van der Waals surface area contributed by atoms with Crippen molar-refractivity contribution in [3.63, 3.8) is 0 Å². The van der Waals surface area contributed by atoms with E-state index in [2.05, 4.69) is 15.9 Å². The summed E-state index contributed by atoms with van der Waals surface area (Å²) in [5.41, 5.74) is 1.61. The largest absolute Gasteiger partial charge is 0.492 e. The third-order valence-electron chi connectivity index (χ3n) is 5.34. The van der Waals surface area contributed by atoms with Gasteiger partial charge < -0.3 is 14.2 Å². The predicted molar refractivity (Wildman–Crippen MR) is 102 cm³/mol. The van der Waals surface area contributed by atoms with Crippen LogP contribution in [0.5, 0.6) is 11.5 Å². The van der Waals surface area contributed by atoms with Crippen LogP contribution in [0.1, 0.15) is 47.1 Å². The number of halogens is 4. The average Bonchev–Trinajstić information content (AvgIpc) is 3.25. The Labute approximate surface area is 174 Å². The van der Waals surface area contributed by atoms with Gasteiger partial charge in [0.15, 0.2) is 0 Å². The van der Waals surface area contributed by atoms with Crippen LogP contribution in [0.25, 0.3) is 0 Å². The molecule has 0 bridgehead atoms. The summed E-state index contributed by atoms with van der Waals surface area (Å²) in [6.07, 6.45) is -3.41. The van der Waals surface area contributed by atoms with Gasteiger partial charge in [-0.3, -0.25) is 4.79 Å². The molecular formula is C21H18BrF3O4. The molecule has 2 aromatic carbocycles. The Morgan fingerprint density at radius 1 is 1.24 bits per heavy atom. The van der Waals surface area contributed by atoms with Crippen LogP contribution in [0.4, 0.5) is 13.2 Å². The van der Waals surface area contributed by atoms with Crippen LogP contribution in [-0.2, 0) is 22.1 Å². The summed E-state index contributed by atoms with van der Waals surface area (Å²) in [5, 5.41) is 0. The van der Waals surface area contributed by atoms with E-state index in [4.69, 9.17) is 14.2 Å². The molecule has 2 aromatic rings. The van der Waals surface area contributed by atoms with E-state index in [1.165, 1.54) is 13.2 Å². The van der Waals surface area contributed by atoms with E-state index in [0.717, 1.165) is 17.2 Å². The summed E-state index contributed by atoms with van der Waals surface area (Å²) in [5.74, 6) is 0.762. The molecule has 2 aliphatic rings. The zero-order valence-corrected chi connectivity index (χ0v) is 17.1. The highest BCUT2D eigenvalue weighted by atomic mass is 79.9. The summed E-state index contributed by atoms with van der Waals surface area (Å²) in [6.45, 7) is 0.377. The van der Waals surface area contributed by atoms with Gasteiger partial charge in [0.25, 0.3) is 0 Å². The Kier molecular flexibility index (Phi) is 5.23. The molecule has 1 heterocycles. The Bertz CT molecular complexity index is 958. The fourth-order valence-corrected chi connectivity index (χ4v) is 4.55. The van der Waals surface area contributed by atoms with Gasteiger partial charge in [-0.15, -0.1) is 0 Å². The molecule has 1 aliphatic carbocycles. The van der Waals surface area contributed by atoms with Crippen LogP contribution < -0.4 is 9.47 Å². The maximum atomic E-state index is 13.2. The van der Waals surface area contributed by atoms with Crippen molar-refractivity contribution < 1.29 is 32.2 Å². The number of carbonyl (C=O) groups excluding carboxylic acids is 1. The number of hydrogen-bond donors (Lipinski definition) is 0. The maximum Gasteiger partial charge on any atom is 0.416 e. The molecule has 0 saturated carbocycles. The first-order chi connectivity index (χ1) is 13.8. The zero-order chi connectivity index (χ0) is 20.8. The molecule has 8 heteroatoms. The average molecular weight is 471 g/mol. The molecule has 4 nitrogen and oxygen atoms in total. The van der Waals surface area contributed by atoms with Crippen molar-refractivity contribution in [3.8, 4) is 11.5 Å². The van der Waals surface area contributed by atoms with Crippen LogP contribution in [-0.4, -0.2) is 19.7 Å². The Morgan fingerprint density at radius 3 is 2.76 bits per heavy atom. The second-order valence-corrected chi connectivity index (χ2v) is 8.01. The number of alkyl halides is 3. The number of benzene rings is 2. The van der Waals surface area contributed by atoms with Gasteiger partial charge in [0, 0.05) is 22.0 Å². The molecule has 0 spiro atoms. The van der Waals surface area contributed by atoms with Crippen LogP contribution in [0.3, 0.4) is 0 Å². The normalized spacial score (nSPS) is 20.0. The monoisotopic (exact) mass is 470 g/mol. The fraction of sp³-hybridized carbons (Fsp3) is 0.381. The van der Waals surface area contributed by atoms with Crippen molar-refractivity contribution in [2.75, 3.05) is 13.7 Å². The summed E-state index contributed by atoms with van der Waals surface area (Å²) < 4.78 is 56.4. The number of carbonyl (C=O) groups is 1. The summed E-state index contributed by atoms with van der Waals surface area (Å²) >= 11 is 3.26. The second-order valence-electron chi connectivity index (χ2n) is 7.16. The molecule has 154 valence electrons. The van der Waals surface area contributed by atoms with Gasteiger partial charge in [-0.2, -0.15) is 13.2 Å². The Balaban J connectivity index is 1.55. The van der Waals surface area contributed by atoms with E-state index in [9.17, 15) is 18.0 Å². The molecule has 0 amide bonds. The molecule has 0 N–H and O–H groups in total. The number of ether oxygens (including phenoxy) is 3. The predicted octanol–water partition coefficient (Wildman–Crippen LogP) is 5.57. The van der Waals surface area contributed by atoms with Gasteiger partial charge in [0.1, 0.15) is 17.6 Å². The molecule has 29 heavy (non-hydrogen) atoms. The maximum absolute atomic E-state index is 13.2. The molecule has 0 radical (unpaired) electrons. The smallest absolute Gasteiger partial charge is 0.416 e. The van der Waals surface area contributed by atoms with Crippen LogP contribution in [0.15, 0.2) is 34.8 Å². The molecule has 1 aliphatic heterocycles. The summed E-state index contributed by atoms with van der Waals surface area (Å²) in [6, 6.07) is 7.62. The first kappa shape index (κ1) is 20.1. The second kappa shape index (κ2) is 7.55. The quantitative estimate of drug-likeness (QED) is 0.547. The van der Waals surface area contributed by atoms with Crippen LogP contribution >= 0.6 is 15.9 Å². The lowest BCUT2D eigenvalue weighted by molar-refractivity contribution is -0.141. The summed E-state index contributed by atoms with van der Waals surface area (Å²) in [4.78, 5) is 11.5. The van der Waals surface area contributed by atoms with E-state index in [1.807, 2.05) is 6.07 Å². The first-order valence-electron chi connectivity index (χ1n) is 9.16. The molecular weight excluding hydrogens is 453 g/mol. The van der Waals surface area contributed by atoms with Crippen LogP contribution in [0, 0.1) is 0 Å². The van der Waals surface area contributed by atoms with Crippen molar-refractivity contribution >= 4 is 21.9 Å². The number of esters is 1. The fourth-order valence-electron chi connectivity index (χ4n) is 3.87. The topological polar surface area (TPSA) is 44.8 Å². The van der Waals surface area contributed by atoms with Gasteiger partial charge in [0.2, 0.25) is 0 Å². The number of hydrogen-bond acceptors (Lipinski definition) is 4. The van der Waals surface area contributed by atoms with Gasteiger partial charge in [-0.05, 0) is 42.2 Å². The van der Waals surface area contributed by atoms with E-state index in [1.54, 1.807) is 12.1 Å². The van der Waals surface area contributed by atoms with Gasteiger partial charge in [-0.1, -0.05) is 22.0 Å². The molecule has 4 rings (SSSR count). The van der Waals surface area contributed by atoms with Gasteiger partial charge in [-0.25, -0.2) is 0 Å². The van der Waals surface area contributed by atoms with Crippen molar-refractivity contribution in [1.29, 1.82) is 0 Å². The highest BCUT2D eigenvalue weighted by Gasteiger charge is 2.35. The van der Waals surface area contributed by atoms with Crippen LogP contribution in [0.2, 0.25) is 0 Å². The molecule has 0 saturated heterocycles. The van der Waals surface area contributed by atoms with E-state index >= 15 is 0 Å². The minimum atomic E-state index is -4.42. The third-order valence-corrected chi connectivity index (χ3v) is 6.05. The lowest BCUT2D eigenvalue weighted by Crippen LogP contribution is -2.09. The lowest BCUT2D eigenvalue weighted by Gasteiger charge is -2.18. The van der Waals surface area contributed by atoms with Crippen molar-refractivity contribution in [2.45, 2.75) is 37.5 Å². The number of methoxy groups -OCH3 is 1. The highest BCUT2D eigenvalue weighted by Crippen LogP contribution is 2.44. The van der Waals surface area contributed by atoms with E-state index in [-0.39, 0.29) is 18.3 Å². The zero-order valence-electron chi connectivity index (χ0n) is 15.5. The van der Waals surface area contributed by atoms with Gasteiger partial charge >= 0.3 is 12.1 Å². The minimum Gasteiger partial charge on any atom is -0.492 e. The SMILES string of the molecule is COC(=O)C[C@@H]1COc2cc(O[C@@H]3CCc4c(Br)cc(C(F)(F)F)cc43)ccc21. The van der Waals surface area contributed by atoms with Gasteiger partial charge in [0.05, 0.1) is 25.7 Å². The standard InChI is InChI=1S/C21H18BrF3O4/c1-27-20(26)6-11-10-28-19-9-13(2-3-14(11)19)29-18-5-4-15-16(18)7-12(8-17(15)22)21(23,24)25/h2-3,7-9,11,18H,4-6,10H2,1H3/t11-,18-/m1/s1. The van der Waals surface area contributed by atoms with Crippen molar-refractivity contribution in [1.82, 2.24) is 0 Å².